The van der Waals surface area contributed by atoms with Crippen molar-refractivity contribution < 1.29 is 14.6 Å². The van der Waals surface area contributed by atoms with Crippen LogP contribution in [0.1, 0.15) is 67.2 Å². The maximum absolute atomic E-state index is 11.6. The van der Waals surface area contributed by atoms with E-state index in [9.17, 15) is 9.90 Å². The first-order valence-electron chi connectivity index (χ1n) is 6.66. The fraction of sp³-hybridized carbons (Fsp3) is 0.929. The summed E-state index contributed by atoms with van der Waals surface area (Å²) in [6.07, 6.45) is 2.88. The van der Waals surface area contributed by atoms with Crippen LogP contribution < -0.4 is 0 Å². The van der Waals surface area contributed by atoms with Crippen LogP contribution in [0.3, 0.4) is 0 Å². The average Bonchev–Trinajstić information content (AvgIpc) is 2.27. The summed E-state index contributed by atoms with van der Waals surface area (Å²) in [5.41, 5.74) is -1.42. The molecule has 0 aliphatic rings. The van der Waals surface area contributed by atoms with Gasteiger partial charge >= 0.3 is 5.97 Å². The smallest absolute Gasteiger partial charge is 0.335 e. The van der Waals surface area contributed by atoms with Crippen LogP contribution in [0.5, 0.6) is 0 Å². The third-order valence-corrected chi connectivity index (χ3v) is 3.66. The summed E-state index contributed by atoms with van der Waals surface area (Å²) in [6, 6.07) is 0. The molecule has 0 aromatic carbocycles. The predicted octanol–water partition coefficient (Wildman–Crippen LogP) is 3.86. The lowest BCUT2D eigenvalue weighted by Gasteiger charge is -2.38. The number of carbonyl (C=O) groups is 1. The number of aliphatic carboxylic acids is 1. The first-order valence-corrected chi connectivity index (χ1v) is 6.66. The molecule has 0 aliphatic carbocycles. The molecule has 17 heavy (non-hydrogen) atoms. The Morgan fingerprint density at radius 3 is 2.06 bits per heavy atom. The Morgan fingerprint density at radius 2 is 1.76 bits per heavy atom. The highest BCUT2D eigenvalue weighted by molar-refractivity contribution is 5.77. The topological polar surface area (TPSA) is 46.5 Å². The summed E-state index contributed by atoms with van der Waals surface area (Å²) in [5, 5.41) is 9.50. The molecular weight excluding hydrogens is 216 g/mol. The second kappa shape index (κ2) is 6.39. The summed E-state index contributed by atoms with van der Waals surface area (Å²) in [4.78, 5) is 11.6. The van der Waals surface area contributed by atoms with Gasteiger partial charge in [0.2, 0.25) is 0 Å². The van der Waals surface area contributed by atoms with Gasteiger partial charge < -0.3 is 9.84 Å². The summed E-state index contributed by atoms with van der Waals surface area (Å²) >= 11 is 0. The zero-order chi connectivity index (χ0) is 13.7. The third kappa shape index (κ3) is 4.66. The Labute approximate surface area is 106 Å². The zero-order valence-electron chi connectivity index (χ0n) is 12.2. The maximum Gasteiger partial charge on any atom is 0.335 e. The van der Waals surface area contributed by atoms with Crippen LogP contribution in [-0.2, 0) is 9.53 Å². The molecule has 0 saturated carbocycles. The van der Waals surface area contributed by atoms with E-state index in [4.69, 9.17) is 4.74 Å². The number of hydrogen-bond acceptors (Lipinski definition) is 2. The molecule has 1 N–H and O–H groups in total. The van der Waals surface area contributed by atoms with E-state index < -0.39 is 11.6 Å². The van der Waals surface area contributed by atoms with Crippen molar-refractivity contribution in [1.29, 1.82) is 0 Å². The van der Waals surface area contributed by atoms with Crippen molar-refractivity contribution in [2.45, 2.75) is 78.4 Å². The van der Waals surface area contributed by atoms with E-state index >= 15 is 0 Å². The molecule has 0 aromatic heterocycles. The van der Waals surface area contributed by atoms with Gasteiger partial charge in [-0.05, 0) is 39.0 Å². The lowest BCUT2D eigenvalue weighted by Crippen LogP contribution is -2.48. The van der Waals surface area contributed by atoms with Gasteiger partial charge in [0.05, 0.1) is 5.60 Å². The summed E-state index contributed by atoms with van der Waals surface area (Å²) in [6.45, 7) is 12.0. The van der Waals surface area contributed by atoms with Crippen LogP contribution in [0, 0.1) is 5.92 Å². The molecule has 0 spiro atoms. The second-order valence-corrected chi connectivity index (χ2v) is 5.59. The Hall–Kier alpha value is -0.570. The van der Waals surface area contributed by atoms with Gasteiger partial charge in [-0.2, -0.15) is 0 Å². The highest BCUT2D eigenvalue weighted by Crippen LogP contribution is 2.33. The maximum atomic E-state index is 11.6. The number of hydrogen-bond donors (Lipinski definition) is 1. The van der Waals surface area contributed by atoms with Crippen molar-refractivity contribution in [3.05, 3.63) is 0 Å². The van der Waals surface area contributed by atoms with E-state index in [1.165, 1.54) is 0 Å². The van der Waals surface area contributed by atoms with Crippen LogP contribution in [0.2, 0.25) is 0 Å². The molecule has 2 atom stereocenters. The Morgan fingerprint density at radius 1 is 1.24 bits per heavy atom. The van der Waals surface area contributed by atoms with Gasteiger partial charge in [-0.3, -0.25) is 0 Å². The Kier molecular flexibility index (Phi) is 6.17. The van der Waals surface area contributed by atoms with E-state index in [0.717, 1.165) is 12.8 Å². The van der Waals surface area contributed by atoms with Crippen LogP contribution >= 0.6 is 0 Å². The first-order chi connectivity index (χ1) is 7.73. The molecule has 0 aliphatic heterocycles. The van der Waals surface area contributed by atoms with E-state index in [1.54, 1.807) is 0 Å². The molecule has 3 nitrogen and oxygen atoms in total. The van der Waals surface area contributed by atoms with Gasteiger partial charge in [-0.1, -0.05) is 34.1 Å². The number of ether oxygens (including phenoxy) is 1. The molecule has 3 heteroatoms. The summed E-state index contributed by atoms with van der Waals surface area (Å²) < 4.78 is 5.96. The molecule has 102 valence electrons. The molecule has 0 bridgehead atoms. The van der Waals surface area contributed by atoms with Crippen LogP contribution in [0.25, 0.3) is 0 Å². The lowest BCUT2D eigenvalue weighted by atomic mass is 9.86. The van der Waals surface area contributed by atoms with Gasteiger partial charge in [0, 0.05) is 0 Å². The summed E-state index contributed by atoms with van der Waals surface area (Å²) in [5.74, 6) is -0.472. The van der Waals surface area contributed by atoms with Gasteiger partial charge in [0.15, 0.2) is 5.60 Å². The quantitative estimate of drug-likeness (QED) is 0.705. The van der Waals surface area contributed by atoms with Gasteiger partial charge in [0.25, 0.3) is 0 Å². The molecule has 0 aromatic rings. The highest BCUT2D eigenvalue weighted by Gasteiger charge is 2.42. The van der Waals surface area contributed by atoms with Crippen molar-refractivity contribution in [3.8, 4) is 0 Å². The van der Waals surface area contributed by atoms with Crippen LogP contribution in [0.15, 0.2) is 0 Å². The normalized spacial score (nSPS) is 17.5. The number of carboxylic acid groups (broad SMARTS) is 1. The largest absolute Gasteiger partial charge is 0.479 e. The minimum absolute atomic E-state index is 0.360. The fourth-order valence-electron chi connectivity index (χ4n) is 1.85. The van der Waals surface area contributed by atoms with Crippen LogP contribution in [0.4, 0.5) is 0 Å². The van der Waals surface area contributed by atoms with Crippen molar-refractivity contribution in [2.75, 3.05) is 0 Å². The third-order valence-electron chi connectivity index (χ3n) is 3.66. The lowest BCUT2D eigenvalue weighted by molar-refractivity contribution is -0.193. The van der Waals surface area contributed by atoms with Crippen molar-refractivity contribution in [2.24, 2.45) is 5.92 Å². The van der Waals surface area contributed by atoms with Crippen molar-refractivity contribution in [3.63, 3.8) is 0 Å². The average molecular weight is 244 g/mol. The van der Waals surface area contributed by atoms with Gasteiger partial charge in [-0.15, -0.1) is 0 Å². The van der Waals surface area contributed by atoms with E-state index in [-0.39, 0.29) is 5.60 Å². The van der Waals surface area contributed by atoms with E-state index in [2.05, 4.69) is 13.8 Å². The standard InChI is InChI=1S/C14H28O3/c1-7-11(4)10-14(9-3,12(15)16)17-13(5,6)8-2/h11H,7-10H2,1-6H3,(H,15,16). The molecule has 0 fully saturated rings. The van der Waals surface area contributed by atoms with Crippen molar-refractivity contribution in [1.82, 2.24) is 0 Å². The Balaban J connectivity index is 5.02. The molecule has 0 radical (unpaired) electrons. The number of carboxylic acids is 1. The van der Waals surface area contributed by atoms with Crippen LogP contribution in [-0.4, -0.2) is 22.3 Å². The van der Waals surface area contributed by atoms with Gasteiger partial charge in [0.1, 0.15) is 0 Å². The summed E-state index contributed by atoms with van der Waals surface area (Å²) in [7, 11) is 0. The Bertz CT molecular complexity index is 248. The highest BCUT2D eigenvalue weighted by atomic mass is 16.5. The molecule has 2 unspecified atom stereocenters. The molecule has 0 amide bonds. The minimum Gasteiger partial charge on any atom is -0.479 e. The molecule has 0 heterocycles. The van der Waals surface area contributed by atoms with Gasteiger partial charge in [-0.25, -0.2) is 4.79 Å². The zero-order valence-corrected chi connectivity index (χ0v) is 12.2. The van der Waals surface area contributed by atoms with E-state index in [1.807, 2.05) is 27.7 Å². The predicted molar refractivity (Wildman–Crippen MR) is 70.2 cm³/mol. The minimum atomic E-state index is -1.03. The van der Waals surface area contributed by atoms with Crippen molar-refractivity contribution >= 4 is 5.97 Å². The SMILES string of the molecule is CCC(C)CC(CC)(OC(C)(C)CC)C(=O)O. The number of rotatable bonds is 8. The first kappa shape index (κ1) is 16.4. The fourth-order valence-corrected chi connectivity index (χ4v) is 1.85. The molecular formula is C14H28O3. The van der Waals surface area contributed by atoms with E-state index in [0.29, 0.717) is 18.8 Å². The monoisotopic (exact) mass is 244 g/mol. The second-order valence-electron chi connectivity index (χ2n) is 5.59. The molecule has 0 saturated heterocycles. The molecule has 0 rings (SSSR count).